The lowest BCUT2D eigenvalue weighted by Crippen LogP contribution is -2.37. The third-order valence-corrected chi connectivity index (χ3v) is 6.40. The molecule has 1 aromatic carbocycles. The van der Waals surface area contributed by atoms with Crippen LogP contribution in [0.5, 0.6) is 0 Å². The number of fused-ring (bicyclic) bond motifs is 1. The lowest BCUT2D eigenvalue weighted by molar-refractivity contribution is -0.0102. The topological polar surface area (TPSA) is 157 Å². The highest BCUT2D eigenvalue weighted by Gasteiger charge is 2.24. The molecule has 218 valence electrons. The van der Waals surface area contributed by atoms with E-state index in [1.54, 1.807) is 41.9 Å². The van der Waals surface area contributed by atoms with Crippen molar-refractivity contribution in [2.75, 3.05) is 25.2 Å². The molecule has 0 saturated carbocycles. The Morgan fingerprint density at radius 1 is 1.05 bits per heavy atom. The van der Waals surface area contributed by atoms with E-state index >= 15 is 0 Å². The van der Waals surface area contributed by atoms with Crippen molar-refractivity contribution >= 4 is 40.9 Å². The van der Waals surface area contributed by atoms with Crippen LogP contribution in [0.2, 0.25) is 0 Å². The second-order valence-corrected chi connectivity index (χ2v) is 9.23. The number of aromatic nitrogens is 4. The van der Waals surface area contributed by atoms with Gasteiger partial charge in [0.05, 0.1) is 11.1 Å². The van der Waals surface area contributed by atoms with Crippen molar-refractivity contribution in [1.29, 1.82) is 0 Å². The molecule has 3 heterocycles. The Morgan fingerprint density at radius 2 is 1.86 bits per heavy atom. The van der Waals surface area contributed by atoms with Gasteiger partial charge >= 0.3 is 12.1 Å². The van der Waals surface area contributed by atoms with Crippen molar-refractivity contribution in [3.63, 3.8) is 0 Å². The number of hydrogen-bond acceptors (Lipinski definition) is 10. The van der Waals surface area contributed by atoms with Crippen LogP contribution in [-0.2, 0) is 9.47 Å². The summed E-state index contributed by atoms with van der Waals surface area (Å²) in [7, 11) is 0. The SMILES string of the molecule is CCCNC(=O)c1cn2ncnc(Nc3cc(C(=O)N(CC)C(=O)OCOC(=O)c4cccnc4)ccc3C)c2c1C. The van der Waals surface area contributed by atoms with Gasteiger partial charge in [0.2, 0.25) is 6.79 Å². The number of benzene rings is 1. The van der Waals surface area contributed by atoms with E-state index in [4.69, 9.17) is 9.47 Å². The number of hydrogen-bond donors (Lipinski definition) is 2. The van der Waals surface area contributed by atoms with Gasteiger partial charge < -0.3 is 20.1 Å². The molecule has 42 heavy (non-hydrogen) atoms. The summed E-state index contributed by atoms with van der Waals surface area (Å²) in [5.41, 5.74) is 3.57. The van der Waals surface area contributed by atoms with Crippen LogP contribution >= 0.6 is 0 Å². The fourth-order valence-corrected chi connectivity index (χ4v) is 4.12. The molecule has 0 spiro atoms. The molecule has 0 bridgehead atoms. The number of rotatable bonds is 10. The molecule has 0 aliphatic carbocycles. The van der Waals surface area contributed by atoms with Crippen LogP contribution in [0, 0.1) is 13.8 Å². The maximum atomic E-state index is 13.3. The van der Waals surface area contributed by atoms with Crippen molar-refractivity contribution in [1.82, 2.24) is 29.8 Å². The number of nitrogens with zero attached hydrogens (tertiary/aromatic N) is 5. The summed E-state index contributed by atoms with van der Waals surface area (Å²) in [5, 5.41) is 10.4. The van der Waals surface area contributed by atoms with Crippen LogP contribution in [0.25, 0.3) is 5.52 Å². The number of nitrogens with one attached hydrogen (secondary N) is 2. The van der Waals surface area contributed by atoms with Crippen LogP contribution in [0.15, 0.2) is 55.2 Å². The molecule has 4 rings (SSSR count). The van der Waals surface area contributed by atoms with Crippen molar-refractivity contribution in [3.8, 4) is 0 Å². The van der Waals surface area contributed by atoms with Gasteiger partial charge in [-0.1, -0.05) is 13.0 Å². The van der Waals surface area contributed by atoms with Crippen LogP contribution in [-0.4, -0.2) is 68.2 Å². The van der Waals surface area contributed by atoms with Gasteiger partial charge in [0.1, 0.15) is 11.8 Å². The van der Waals surface area contributed by atoms with Gasteiger partial charge in [-0.15, -0.1) is 0 Å². The monoisotopic (exact) mass is 573 g/mol. The van der Waals surface area contributed by atoms with Crippen LogP contribution in [0.3, 0.4) is 0 Å². The van der Waals surface area contributed by atoms with Crippen LogP contribution < -0.4 is 10.6 Å². The van der Waals surface area contributed by atoms with Crippen LogP contribution in [0.4, 0.5) is 16.3 Å². The van der Waals surface area contributed by atoms with Crippen LogP contribution in [0.1, 0.15) is 62.5 Å². The Bertz CT molecular complexity index is 1620. The molecule has 3 aromatic heterocycles. The molecule has 0 atom stereocenters. The standard InChI is InChI=1S/C29H31N7O6/c1-5-11-31-26(37)22-15-36-24(19(22)4)25(32-16-33-36)34-23-13-20(10-9-18(23)3)27(38)35(6-2)29(40)42-17-41-28(39)21-8-7-12-30-14-21/h7-10,12-16H,5-6,11,17H2,1-4H3,(H,31,37)(H,32,33,34). The summed E-state index contributed by atoms with van der Waals surface area (Å²) in [6.07, 6.45) is 5.69. The Labute approximate surface area is 241 Å². The average molecular weight is 574 g/mol. The first-order valence-electron chi connectivity index (χ1n) is 13.3. The molecule has 0 aliphatic rings. The lowest BCUT2D eigenvalue weighted by Gasteiger charge is -2.19. The zero-order chi connectivity index (χ0) is 30.2. The molecule has 0 fully saturated rings. The molecule has 0 saturated heterocycles. The number of amides is 3. The smallest absolute Gasteiger partial charge is 0.419 e. The number of carbonyl (C=O) groups is 4. The van der Waals surface area contributed by atoms with Crippen molar-refractivity contribution in [2.24, 2.45) is 0 Å². The summed E-state index contributed by atoms with van der Waals surface area (Å²) in [6.45, 7) is 7.17. The molecule has 13 heteroatoms. The predicted molar refractivity (Wildman–Crippen MR) is 153 cm³/mol. The van der Waals surface area contributed by atoms with Gasteiger partial charge in [-0.25, -0.2) is 24.0 Å². The van der Waals surface area contributed by atoms with Gasteiger partial charge in [-0.05, 0) is 62.6 Å². The maximum absolute atomic E-state index is 13.3. The Balaban J connectivity index is 1.50. The van der Waals surface area contributed by atoms with E-state index in [0.717, 1.165) is 16.9 Å². The number of ether oxygens (including phenoxy) is 2. The number of esters is 1. The van der Waals surface area contributed by atoms with E-state index in [9.17, 15) is 19.2 Å². The van der Waals surface area contributed by atoms with E-state index in [-0.39, 0.29) is 23.6 Å². The second kappa shape index (κ2) is 13.4. The highest BCUT2D eigenvalue weighted by atomic mass is 16.7. The number of carbonyl (C=O) groups excluding carboxylic acids is 4. The number of pyridine rings is 1. The zero-order valence-corrected chi connectivity index (χ0v) is 23.7. The Hall–Kier alpha value is -5.33. The van der Waals surface area contributed by atoms with Gasteiger partial charge in [0.25, 0.3) is 11.8 Å². The molecule has 2 N–H and O–H groups in total. The average Bonchev–Trinajstić information content (AvgIpc) is 3.34. The van der Waals surface area contributed by atoms with Gasteiger partial charge in [-0.3, -0.25) is 14.6 Å². The summed E-state index contributed by atoms with van der Waals surface area (Å²) in [4.78, 5) is 59.8. The lowest BCUT2D eigenvalue weighted by atomic mass is 10.1. The Morgan fingerprint density at radius 3 is 2.57 bits per heavy atom. The molecular weight excluding hydrogens is 542 g/mol. The Kier molecular flexibility index (Phi) is 9.42. The van der Waals surface area contributed by atoms with Gasteiger partial charge in [0.15, 0.2) is 5.82 Å². The molecule has 0 unspecified atom stereocenters. The number of anilines is 2. The highest BCUT2D eigenvalue weighted by molar-refractivity contribution is 6.04. The minimum atomic E-state index is -0.966. The minimum Gasteiger partial charge on any atom is -0.424 e. The van der Waals surface area contributed by atoms with Crippen molar-refractivity contribution in [2.45, 2.75) is 34.1 Å². The van der Waals surface area contributed by atoms with E-state index in [1.807, 2.05) is 20.8 Å². The third kappa shape index (κ3) is 6.52. The van der Waals surface area contributed by atoms with E-state index in [2.05, 4.69) is 25.7 Å². The summed E-state index contributed by atoms with van der Waals surface area (Å²) >= 11 is 0. The van der Waals surface area contributed by atoms with E-state index in [1.165, 1.54) is 24.8 Å². The quantitative estimate of drug-likeness (QED) is 0.210. The normalized spacial score (nSPS) is 10.7. The number of aryl methyl sites for hydroxylation is 2. The summed E-state index contributed by atoms with van der Waals surface area (Å²) in [6, 6.07) is 8.01. The fourth-order valence-electron chi connectivity index (χ4n) is 4.12. The molecule has 3 amide bonds. The second-order valence-electron chi connectivity index (χ2n) is 9.23. The number of imide groups is 1. The zero-order valence-electron chi connectivity index (χ0n) is 23.7. The summed E-state index contributed by atoms with van der Waals surface area (Å²) in [5.74, 6) is -1.09. The molecule has 0 aliphatic heterocycles. The summed E-state index contributed by atoms with van der Waals surface area (Å²) < 4.78 is 11.5. The first-order valence-corrected chi connectivity index (χ1v) is 13.3. The minimum absolute atomic E-state index is 0.0175. The first-order chi connectivity index (χ1) is 20.2. The van der Waals surface area contributed by atoms with E-state index in [0.29, 0.717) is 34.7 Å². The maximum Gasteiger partial charge on any atom is 0.419 e. The molecule has 4 aromatic rings. The van der Waals surface area contributed by atoms with Crippen molar-refractivity contribution < 1.29 is 28.7 Å². The van der Waals surface area contributed by atoms with Crippen molar-refractivity contribution in [3.05, 3.63) is 83.1 Å². The fraction of sp³-hybridized carbons (Fsp3) is 0.276. The predicted octanol–water partition coefficient (Wildman–Crippen LogP) is 4.04. The molecular formula is C29H31N7O6. The first kappa shape index (κ1) is 29.6. The molecule has 13 nitrogen and oxygen atoms in total. The molecule has 0 radical (unpaired) electrons. The van der Waals surface area contributed by atoms with Gasteiger partial charge in [0, 0.05) is 42.9 Å². The van der Waals surface area contributed by atoms with E-state index < -0.39 is 24.8 Å². The third-order valence-electron chi connectivity index (χ3n) is 6.40. The largest absolute Gasteiger partial charge is 0.424 e. The highest BCUT2D eigenvalue weighted by Crippen LogP contribution is 2.28. The van der Waals surface area contributed by atoms with Gasteiger partial charge in [-0.2, -0.15) is 5.10 Å².